The van der Waals surface area contributed by atoms with Gasteiger partial charge in [-0.3, -0.25) is 9.59 Å². The number of piperidine rings is 1. The first-order valence-corrected chi connectivity index (χ1v) is 11.5. The second-order valence-electron chi connectivity index (χ2n) is 7.98. The fourth-order valence-corrected chi connectivity index (χ4v) is 4.78. The van der Waals surface area contributed by atoms with Crippen molar-refractivity contribution in [2.75, 3.05) is 25.2 Å². The molecule has 8 heteroatoms. The maximum atomic E-state index is 12.8. The quantitative estimate of drug-likeness (QED) is 0.641. The number of fused-ring (bicyclic) bond motifs is 1. The molecule has 1 fully saturated rings. The van der Waals surface area contributed by atoms with Crippen LogP contribution in [0.25, 0.3) is 11.3 Å². The summed E-state index contributed by atoms with van der Waals surface area (Å²) in [6, 6.07) is 13.3. The predicted octanol–water partition coefficient (Wildman–Crippen LogP) is 4.34. The van der Waals surface area contributed by atoms with Crippen molar-refractivity contribution < 1.29 is 19.1 Å². The molecule has 0 saturated carbocycles. The lowest BCUT2D eigenvalue weighted by atomic mass is 9.95. The summed E-state index contributed by atoms with van der Waals surface area (Å²) in [5.74, 6) is 1.29. The zero-order chi connectivity index (χ0) is 22.1. The fourth-order valence-electron chi connectivity index (χ4n) is 4.06. The van der Waals surface area contributed by atoms with Gasteiger partial charge in [0.05, 0.1) is 5.69 Å². The van der Waals surface area contributed by atoms with Crippen molar-refractivity contribution in [3.8, 4) is 22.8 Å². The minimum absolute atomic E-state index is 0.0373. The maximum absolute atomic E-state index is 12.8. The van der Waals surface area contributed by atoms with Crippen molar-refractivity contribution >= 4 is 28.3 Å². The van der Waals surface area contributed by atoms with E-state index in [4.69, 9.17) is 9.47 Å². The van der Waals surface area contributed by atoms with Gasteiger partial charge in [0, 0.05) is 35.5 Å². The Morgan fingerprint density at radius 1 is 1.09 bits per heavy atom. The highest BCUT2D eigenvalue weighted by atomic mass is 32.1. The van der Waals surface area contributed by atoms with Gasteiger partial charge in [-0.1, -0.05) is 18.2 Å². The van der Waals surface area contributed by atoms with Crippen LogP contribution in [0.1, 0.15) is 28.8 Å². The Balaban J connectivity index is 1.18. The zero-order valence-corrected chi connectivity index (χ0v) is 18.5. The van der Waals surface area contributed by atoms with Crippen LogP contribution >= 0.6 is 11.3 Å². The standard InChI is InChI=1S/C24H23N3O4S/c1-15-4-2-3-5-18(15)23(29)27-10-8-16(9-11-27)22(28)26-24-25-19(13-32-24)17-6-7-20-21(12-17)31-14-30-20/h2-7,12-13,16H,8-11,14H2,1H3,(H,25,26,28). The number of likely N-dealkylation sites (tertiary alicyclic amines) is 1. The molecule has 0 aliphatic carbocycles. The fraction of sp³-hybridized carbons (Fsp3) is 0.292. The summed E-state index contributed by atoms with van der Waals surface area (Å²) < 4.78 is 10.8. The van der Waals surface area contributed by atoms with Crippen LogP contribution in [-0.4, -0.2) is 41.6 Å². The number of carbonyl (C=O) groups excluding carboxylic acids is 2. The molecule has 2 aliphatic rings. The molecule has 0 bridgehead atoms. The van der Waals surface area contributed by atoms with Crippen molar-refractivity contribution in [3.63, 3.8) is 0 Å². The van der Waals surface area contributed by atoms with E-state index >= 15 is 0 Å². The van der Waals surface area contributed by atoms with Crippen molar-refractivity contribution in [2.45, 2.75) is 19.8 Å². The van der Waals surface area contributed by atoms with E-state index in [2.05, 4.69) is 10.3 Å². The molecule has 5 rings (SSSR count). The van der Waals surface area contributed by atoms with Gasteiger partial charge in [0.15, 0.2) is 16.6 Å². The highest BCUT2D eigenvalue weighted by Crippen LogP contribution is 2.36. The van der Waals surface area contributed by atoms with Gasteiger partial charge < -0.3 is 19.7 Å². The number of ether oxygens (including phenoxy) is 2. The van der Waals surface area contributed by atoms with E-state index in [-0.39, 0.29) is 24.5 Å². The van der Waals surface area contributed by atoms with Crippen LogP contribution < -0.4 is 14.8 Å². The SMILES string of the molecule is Cc1ccccc1C(=O)N1CCC(C(=O)Nc2nc(-c3ccc4c(c3)OCO4)cs2)CC1. The first-order valence-electron chi connectivity index (χ1n) is 10.6. The average molecular weight is 450 g/mol. The second-order valence-corrected chi connectivity index (χ2v) is 8.83. The van der Waals surface area contributed by atoms with Crippen LogP contribution in [0.15, 0.2) is 47.8 Å². The first kappa shape index (κ1) is 20.5. The molecule has 0 atom stereocenters. The summed E-state index contributed by atoms with van der Waals surface area (Å²) in [5.41, 5.74) is 3.39. The average Bonchev–Trinajstić information content (AvgIpc) is 3.48. The molecule has 2 aliphatic heterocycles. The maximum Gasteiger partial charge on any atom is 0.254 e. The van der Waals surface area contributed by atoms with E-state index in [1.165, 1.54) is 11.3 Å². The van der Waals surface area contributed by atoms with Crippen LogP contribution in [0.2, 0.25) is 0 Å². The van der Waals surface area contributed by atoms with Crippen LogP contribution in [0.4, 0.5) is 5.13 Å². The Hall–Kier alpha value is -3.39. The number of hydrogen-bond acceptors (Lipinski definition) is 6. The third-order valence-electron chi connectivity index (χ3n) is 5.93. The molecule has 1 aromatic heterocycles. The third-order valence-corrected chi connectivity index (χ3v) is 6.69. The lowest BCUT2D eigenvalue weighted by Crippen LogP contribution is -2.41. The number of amides is 2. The topological polar surface area (TPSA) is 80.8 Å². The summed E-state index contributed by atoms with van der Waals surface area (Å²) in [6.45, 7) is 3.32. The van der Waals surface area contributed by atoms with Gasteiger partial charge in [-0.15, -0.1) is 11.3 Å². The summed E-state index contributed by atoms with van der Waals surface area (Å²) in [6.07, 6.45) is 1.29. The largest absolute Gasteiger partial charge is 0.454 e. The number of nitrogens with zero attached hydrogens (tertiary/aromatic N) is 2. The van der Waals surface area contributed by atoms with Gasteiger partial charge in [-0.2, -0.15) is 0 Å². The molecule has 32 heavy (non-hydrogen) atoms. The zero-order valence-electron chi connectivity index (χ0n) is 17.7. The number of aryl methyl sites for hydroxylation is 1. The molecule has 2 aromatic carbocycles. The predicted molar refractivity (Wildman–Crippen MR) is 122 cm³/mol. The molecule has 2 amide bonds. The molecule has 0 unspecified atom stereocenters. The highest BCUT2D eigenvalue weighted by molar-refractivity contribution is 7.14. The molecular weight excluding hydrogens is 426 g/mol. The summed E-state index contributed by atoms with van der Waals surface area (Å²) in [5, 5.41) is 5.43. The number of anilines is 1. The number of hydrogen-bond donors (Lipinski definition) is 1. The molecule has 1 N–H and O–H groups in total. The lowest BCUT2D eigenvalue weighted by Gasteiger charge is -2.31. The molecule has 0 spiro atoms. The van der Waals surface area contributed by atoms with Gasteiger partial charge in [-0.05, 0) is 49.6 Å². The van der Waals surface area contributed by atoms with E-state index in [1.54, 1.807) is 0 Å². The van der Waals surface area contributed by atoms with E-state index in [0.29, 0.717) is 36.8 Å². The van der Waals surface area contributed by atoms with Crippen LogP contribution in [0.5, 0.6) is 11.5 Å². The molecule has 0 radical (unpaired) electrons. The summed E-state index contributed by atoms with van der Waals surface area (Å²) in [4.78, 5) is 32.0. The van der Waals surface area contributed by atoms with E-state index in [9.17, 15) is 9.59 Å². The summed E-state index contributed by atoms with van der Waals surface area (Å²) in [7, 11) is 0. The van der Waals surface area contributed by atoms with E-state index < -0.39 is 0 Å². The summed E-state index contributed by atoms with van der Waals surface area (Å²) >= 11 is 1.39. The Morgan fingerprint density at radius 2 is 1.88 bits per heavy atom. The number of nitrogens with one attached hydrogen (secondary N) is 1. The lowest BCUT2D eigenvalue weighted by molar-refractivity contribution is -0.121. The molecular formula is C24H23N3O4S. The van der Waals surface area contributed by atoms with E-state index in [1.807, 2.05) is 59.7 Å². The number of rotatable bonds is 4. The van der Waals surface area contributed by atoms with Gasteiger partial charge in [0.25, 0.3) is 5.91 Å². The normalized spacial score (nSPS) is 15.6. The Kier molecular flexibility index (Phi) is 5.53. The minimum atomic E-state index is -0.131. The highest BCUT2D eigenvalue weighted by Gasteiger charge is 2.28. The van der Waals surface area contributed by atoms with Crippen molar-refractivity contribution in [1.29, 1.82) is 0 Å². The molecule has 164 valence electrons. The molecule has 1 saturated heterocycles. The molecule has 3 heterocycles. The molecule has 3 aromatic rings. The van der Waals surface area contributed by atoms with Gasteiger partial charge in [0.2, 0.25) is 12.7 Å². The molecule has 7 nitrogen and oxygen atoms in total. The van der Waals surface area contributed by atoms with Gasteiger partial charge in [0.1, 0.15) is 0 Å². The van der Waals surface area contributed by atoms with Crippen LogP contribution in [0.3, 0.4) is 0 Å². The van der Waals surface area contributed by atoms with Crippen molar-refractivity contribution in [3.05, 3.63) is 59.0 Å². The number of benzene rings is 2. The van der Waals surface area contributed by atoms with Crippen LogP contribution in [-0.2, 0) is 4.79 Å². The Bertz CT molecular complexity index is 1170. The van der Waals surface area contributed by atoms with Crippen molar-refractivity contribution in [1.82, 2.24) is 9.88 Å². The number of carbonyl (C=O) groups is 2. The monoisotopic (exact) mass is 449 g/mol. The van der Waals surface area contributed by atoms with Crippen molar-refractivity contribution in [2.24, 2.45) is 5.92 Å². The number of thiazole rings is 1. The Morgan fingerprint density at radius 3 is 2.69 bits per heavy atom. The Labute approximate surface area is 190 Å². The second kappa shape index (κ2) is 8.63. The van der Waals surface area contributed by atoms with Gasteiger partial charge >= 0.3 is 0 Å². The third kappa shape index (κ3) is 4.05. The first-order chi connectivity index (χ1) is 15.6. The smallest absolute Gasteiger partial charge is 0.254 e. The minimum Gasteiger partial charge on any atom is -0.454 e. The van der Waals surface area contributed by atoms with E-state index in [0.717, 1.165) is 28.1 Å². The van der Waals surface area contributed by atoms with Crippen LogP contribution in [0, 0.1) is 12.8 Å². The van der Waals surface area contributed by atoms with Gasteiger partial charge in [-0.25, -0.2) is 4.98 Å². The number of aromatic nitrogens is 1.